The third-order valence-corrected chi connectivity index (χ3v) is 5.03. The first-order chi connectivity index (χ1) is 13.8. The first-order valence-electron chi connectivity index (χ1n) is 9.10. The second-order valence-electron chi connectivity index (χ2n) is 7.29. The Balaban J connectivity index is 2.10. The molecule has 0 radical (unpaired) electrons. The Morgan fingerprint density at radius 1 is 1.21 bits per heavy atom. The van der Waals surface area contributed by atoms with E-state index in [1.165, 1.54) is 6.07 Å². The van der Waals surface area contributed by atoms with Gasteiger partial charge < -0.3 is 9.67 Å². The van der Waals surface area contributed by atoms with Gasteiger partial charge in [-0.1, -0.05) is 13.8 Å². The predicted octanol–water partition coefficient (Wildman–Crippen LogP) is 4.87. The van der Waals surface area contributed by atoms with Crippen LogP contribution in [0.2, 0.25) is 0 Å². The average Bonchev–Trinajstić information content (AvgIpc) is 3.24. The predicted molar refractivity (Wildman–Crippen MR) is 103 cm³/mol. The van der Waals surface area contributed by atoms with Crippen molar-refractivity contribution in [3.05, 3.63) is 59.4 Å². The van der Waals surface area contributed by atoms with Crippen molar-refractivity contribution in [2.75, 3.05) is 0 Å². The normalized spacial score (nSPS) is 12.9. The molecule has 1 atom stereocenters. The highest BCUT2D eigenvalue weighted by Crippen LogP contribution is 2.37. The number of benzene rings is 2. The van der Waals surface area contributed by atoms with E-state index >= 15 is 0 Å². The van der Waals surface area contributed by atoms with E-state index in [-0.39, 0.29) is 12.3 Å². The molecule has 0 aliphatic heterocycles. The van der Waals surface area contributed by atoms with Crippen LogP contribution in [0.15, 0.2) is 36.5 Å². The van der Waals surface area contributed by atoms with Gasteiger partial charge >= 0.3 is 5.97 Å². The quantitative estimate of drug-likeness (QED) is 0.501. The second-order valence-corrected chi connectivity index (χ2v) is 7.29. The highest BCUT2D eigenvalue weighted by Gasteiger charge is 2.26. The fourth-order valence-corrected chi connectivity index (χ4v) is 3.80. The number of carboxylic acid groups (broad SMARTS) is 1. The number of halogens is 3. The Morgan fingerprint density at radius 3 is 2.62 bits per heavy atom. The highest BCUT2D eigenvalue weighted by molar-refractivity contribution is 5.99. The van der Waals surface area contributed by atoms with E-state index < -0.39 is 23.8 Å². The van der Waals surface area contributed by atoms with E-state index in [0.29, 0.717) is 33.4 Å². The van der Waals surface area contributed by atoms with Gasteiger partial charge in [-0.25, -0.2) is 18.0 Å². The van der Waals surface area contributed by atoms with Gasteiger partial charge in [0.1, 0.15) is 0 Å². The van der Waals surface area contributed by atoms with Gasteiger partial charge in [-0.3, -0.25) is 5.10 Å². The van der Waals surface area contributed by atoms with Gasteiger partial charge in [-0.05, 0) is 35.7 Å². The van der Waals surface area contributed by atoms with Crippen molar-refractivity contribution in [3.8, 4) is 5.69 Å². The first-order valence-corrected chi connectivity index (χ1v) is 9.10. The highest BCUT2D eigenvalue weighted by atomic mass is 19.2. The lowest BCUT2D eigenvalue weighted by atomic mass is 9.98. The molecule has 0 saturated carbocycles. The minimum absolute atomic E-state index is 0.136. The number of carboxylic acids is 1. The maximum Gasteiger partial charge on any atom is 0.338 e. The number of nitrogens with one attached hydrogen (secondary N) is 1. The summed E-state index contributed by atoms with van der Waals surface area (Å²) < 4.78 is 43.5. The van der Waals surface area contributed by atoms with Crippen molar-refractivity contribution in [1.82, 2.24) is 14.8 Å². The number of fused-ring (bicyclic) bond motifs is 2. The maximum atomic E-state index is 14.2. The smallest absolute Gasteiger partial charge is 0.338 e. The fourth-order valence-electron chi connectivity index (χ4n) is 3.80. The molecule has 0 saturated heterocycles. The largest absolute Gasteiger partial charge is 0.479 e. The molecule has 2 aromatic carbocycles. The average molecular weight is 401 g/mol. The second kappa shape index (κ2) is 6.95. The lowest BCUT2D eigenvalue weighted by molar-refractivity contribution is -0.142. The van der Waals surface area contributed by atoms with Gasteiger partial charge in [0.2, 0.25) is 6.17 Å². The molecule has 0 unspecified atom stereocenters. The van der Waals surface area contributed by atoms with Crippen molar-refractivity contribution in [2.45, 2.75) is 32.4 Å². The molecule has 0 amide bonds. The number of alkyl halides is 1. The maximum absolute atomic E-state index is 14.2. The number of aliphatic carboxylic acids is 1. The van der Waals surface area contributed by atoms with Crippen LogP contribution in [0.5, 0.6) is 0 Å². The molecule has 0 fully saturated rings. The van der Waals surface area contributed by atoms with E-state index in [2.05, 4.69) is 10.2 Å². The lowest BCUT2D eigenvalue weighted by Crippen LogP contribution is -2.18. The Morgan fingerprint density at radius 2 is 1.97 bits per heavy atom. The zero-order valence-electron chi connectivity index (χ0n) is 15.7. The molecule has 29 heavy (non-hydrogen) atoms. The number of aromatic nitrogens is 3. The Kier molecular flexibility index (Phi) is 4.56. The van der Waals surface area contributed by atoms with Gasteiger partial charge in [-0.15, -0.1) is 0 Å². The molecule has 0 spiro atoms. The van der Waals surface area contributed by atoms with Crippen LogP contribution in [0, 0.1) is 11.6 Å². The third-order valence-electron chi connectivity index (χ3n) is 5.03. The minimum atomic E-state index is -2.09. The molecule has 2 N–H and O–H groups in total. The molecule has 0 aliphatic carbocycles. The molecule has 5 nitrogen and oxygen atoms in total. The van der Waals surface area contributed by atoms with Crippen LogP contribution in [0.3, 0.4) is 0 Å². The molecule has 150 valence electrons. The molecule has 8 heteroatoms. The zero-order valence-corrected chi connectivity index (χ0v) is 15.7. The van der Waals surface area contributed by atoms with E-state index in [1.807, 2.05) is 19.9 Å². The molecule has 2 heterocycles. The van der Waals surface area contributed by atoms with Gasteiger partial charge in [0, 0.05) is 34.6 Å². The number of hydrogen-bond acceptors (Lipinski definition) is 2. The molecule has 4 rings (SSSR count). The third kappa shape index (κ3) is 3.14. The molecule has 2 aromatic heterocycles. The molecule has 4 aromatic rings. The Hall–Kier alpha value is -3.29. The summed E-state index contributed by atoms with van der Waals surface area (Å²) in [6.07, 6.45) is -0.800. The van der Waals surface area contributed by atoms with Crippen LogP contribution >= 0.6 is 0 Å². The van der Waals surface area contributed by atoms with E-state index in [1.54, 1.807) is 16.8 Å². The number of nitrogens with zero attached hydrogens (tertiary/aromatic N) is 2. The number of hydrogen-bond donors (Lipinski definition) is 2. The first kappa shape index (κ1) is 19.0. The summed E-state index contributed by atoms with van der Waals surface area (Å²) in [5.74, 6) is -3.65. The summed E-state index contributed by atoms with van der Waals surface area (Å²) in [7, 11) is 0. The van der Waals surface area contributed by atoms with Crippen molar-refractivity contribution < 1.29 is 23.1 Å². The lowest BCUT2D eigenvalue weighted by Gasteiger charge is -2.16. The summed E-state index contributed by atoms with van der Waals surface area (Å²) in [5, 5.41) is 17.4. The van der Waals surface area contributed by atoms with Crippen LogP contribution in [-0.2, 0) is 11.2 Å². The van der Waals surface area contributed by atoms with Crippen molar-refractivity contribution in [2.24, 2.45) is 0 Å². The van der Waals surface area contributed by atoms with E-state index in [4.69, 9.17) is 5.11 Å². The Bertz CT molecular complexity index is 1240. The summed E-state index contributed by atoms with van der Waals surface area (Å²) in [5.41, 5.74) is 2.89. The summed E-state index contributed by atoms with van der Waals surface area (Å²) >= 11 is 0. The number of rotatable bonds is 5. The van der Waals surface area contributed by atoms with Crippen molar-refractivity contribution in [3.63, 3.8) is 0 Å². The van der Waals surface area contributed by atoms with E-state index in [0.717, 1.165) is 17.5 Å². The van der Waals surface area contributed by atoms with Crippen molar-refractivity contribution >= 4 is 27.8 Å². The number of aromatic amines is 1. The monoisotopic (exact) mass is 401 g/mol. The fraction of sp³-hybridized carbons (Fsp3) is 0.238. The number of H-pyrrole nitrogens is 1. The summed E-state index contributed by atoms with van der Waals surface area (Å²) in [6, 6.07) is 7.15. The van der Waals surface area contributed by atoms with Crippen LogP contribution in [0.4, 0.5) is 13.2 Å². The molecular formula is C21H18F3N3O2. The summed E-state index contributed by atoms with van der Waals surface area (Å²) in [4.78, 5) is 11.2. The van der Waals surface area contributed by atoms with Crippen LogP contribution in [-0.4, -0.2) is 32.0 Å². The van der Waals surface area contributed by atoms with Crippen LogP contribution < -0.4 is 0 Å². The topological polar surface area (TPSA) is 70.9 Å². The van der Waals surface area contributed by atoms with Crippen LogP contribution in [0.25, 0.3) is 27.5 Å². The van der Waals surface area contributed by atoms with Gasteiger partial charge in [0.15, 0.2) is 11.6 Å². The standard InChI is InChI=1S/C21H18F3N3O2/c1-10(2)20-14(7-17(24)21(28)29)13-8-18-11(9-25-26-18)5-19(13)27(20)12-3-4-15(22)16(23)6-12/h3-6,8-10,17H,7H2,1-2H3,(H,25,26)(H,28,29)/t17-/m0/s1. The minimum Gasteiger partial charge on any atom is -0.479 e. The molecular weight excluding hydrogens is 383 g/mol. The number of carbonyl (C=O) groups is 1. The summed E-state index contributed by atoms with van der Waals surface area (Å²) in [6.45, 7) is 3.77. The van der Waals surface area contributed by atoms with Gasteiger partial charge in [0.05, 0.1) is 17.2 Å². The zero-order chi connectivity index (χ0) is 20.9. The molecule has 0 aliphatic rings. The molecule has 0 bridgehead atoms. The van der Waals surface area contributed by atoms with E-state index in [9.17, 15) is 18.0 Å². The van der Waals surface area contributed by atoms with Gasteiger partial charge in [-0.2, -0.15) is 5.10 Å². The van der Waals surface area contributed by atoms with Gasteiger partial charge in [0.25, 0.3) is 0 Å². The Labute approximate surface area is 163 Å². The SMILES string of the molecule is CC(C)c1c(C[C@H](F)C(=O)O)c2cc3[nH]ncc3cc2n1-c1ccc(F)c(F)c1. The van der Waals surface area contributed by atoms with Crippen LogP contribution in [0.1, 0.15) is 31.0 Å². The van der Waals surface area contributed by atoms with Crippen molar-refractivity contribution in [1.29, 1.82) is 0 Å².